The number of allylic oxidation sites excluding steroid dienone is 2. The summed E-state index contributed by atoms with van der Waals surface area (Å²) in [7, 11) is 0. The summed E-state index contributed by atoms with van der Waals surface area (Å²) in [5, 5.41) is 6.58. The van der Waals surface area contributed by atoms with Crippen molar-refractivity contribution in [3.05, 3.63) is 24.0 Å². The lowest BCUT2D eigenvalue weighted by Gasteiger charge is -1.89. The van der Waals surface area contributed by atoms with Crippen LogP contribution in [0.4, 0.5) is 0 Å². The van der Waals surface area contributed by atoms with Crippen molar-refractivity contribution in [1.29, 1.82) is 0 Å². The van der Waals surface area contributed by atoms with E-state index in [9.17, 15) is 0 Å². The summed E-state index contributed by atoms with van der Waals surface area (Å²) >= 11 is 0. The maximum absolute atomic E-state index is 3.83. The Morgan fingerprint density at radius 3 is 3.00 bits per heavy atom. The van der Waals surface area contributed by atoms with Crippen LogP contribution in [0.5, 0.6) is 0 Å². The Morgan fingerprint density at radius 2 is 2.56 bits per heavy atom. The van der Waals surface area contributed by atoms with Crippen molar-refractivity contribution in [3.63, 3.8) is 0 Å². The monoisotopic (exact) mass is 122 g/mol. The summed E-state index contributed by atoms with van der Waals surface area (Å²) in [5.74, 6) is 0. The van der Waals surface area contributed by atoms with E-state index in [0.717, 1.165) is 5.56 Å². The molecule has 2 nitrogen and oxygen atoms in total. The van der Waals surface area contributed by atoms with Crippen LogP contribution in [0.25, 0.3) is 5.57 Å². The second-order valence-electron chi connectivity index (χ2n) is 1.96. The number of aromatic nitrogens is 2. The number of nitrogens with one attached hydrogen (secondary N) is 1. The maximum Gasteiger partial charge on any atom is 0.0562 e. The van der Waals surface area contributed by atoms with Gasteiger partial charge in [-0.2, -0.15) is 5.10 Å². The Balaban J connectivity index is 2.90. The summed E-state index contributed by atoms with van der Waals surface area (Å²) in [6, 6.07) is 0. The molecule has 0 radical (unpaired) electrons. The van der Waals surface area contributed by atoms with E-state index in [1.165, 1.54) is 5.57 Å². The average molecular weight is 122 g/mol. The molecule has 0 aromatic carbocycles. The van der Waals surface area contributed by atoms with Gasteiger partial charge in [-0.25, -0.2) is 0 Å². The van der Waals surface area contributed by atoms with Gasteiger partial charge in [0.1, 0.15) is 0 Å². The lowest BCUT2D eigenvalue weighted by molar-refractivity contribution is 1.09. The van der Waals surface area contributed by atoms with Gasteiger partial charge in [0.05, 0.1) is 6.20 Å². The molecule has 2 heteroatoms. The second kappa shape index (κ2) is 2.49. The summed E-state index contributed by atoms with van der Waals surface area (Å²) in [5.41, 5.74) is 2.42. The van der Waals surface area contributed by atoms with Gasteiger partial charge >= 0.3 is 0 Å². The van der Waals surface area contributed by atoms with Crippen molar-refractivity contribution < 1.29 is 0 Å². The first kappa shape index (κ1) is 6.08. The molecule has 1 aromatic heterocycles. The smallest absolute Gasteiger partial charge is 0.0562 e. The van der Waals surface area contributed by atoms with Crippen molar-refractivity contribution in [2.45, 2.75) is 13.8 Å². The molecule has 0 amide bonds. The zero-order valence-corrected chi connectivity index (χ0v) is 5.68. The number of rotatable bonds is 1. The highest BCUT2D eigenvalue weighted by Crippen LogP contribution is 2.08. The highest BCUT2D eigenvalue weighted by atomic mass is 15.1. The molecule has 0 atom stereocenters. The van der Waals surface area contributed by atoms with Crippen LogP contribution in [-0.2, 0) is 0 Å². The molecule has 0 aliphatic rings. The Morgan fingerprint density at radius 1 is 1.78 bits per heavy atom. The van der Waals surface area contributed by atoms with Crippen LogP contribution in [0.1, 0.15) is 19.4 Å². The van der Waals surface area contributed by atoms with Crippen molar-refractivity contribution in [2.24, 2.45) is 0 Å². The van der Waals surface area contributed by atoms with Gasteiger partial charge in [-0.05, 0) is 19.4 Å². The lowest BCUT2D eigenvalue weighted by atomic mass is 10.2. The number of aromatic amines is 1. The summed E-state index contributed by atoms with van der Waals surface area (Å²) < 4.78 is 0. The summed E-state index contributed by atoms with van der Waals surface area (Å²) in [6.07, 6.45) is 5.76. The minimum absolute atomic E-state index is 1.16. The van der Waals surface area contributed by atoms with E-state index in [2.05, 4.69) is 23.2 Å². The molecule has 0 aliphatic heterocycles. The molecule has 1 heterocycles. The van der Waals surface area contributed by atoms with E-state index in [4.69, 9.17) is 0 Å². The molecule has 0 spiro atoms. The van der Waals surface area contributed by atoms with Crippen LogP contribution < -0.4 is 0 Å². The fourth-order valence-electron chi connectivity index (χ4n) is 0.633. The average Bonchev–Trinajstić information content (AvgIpc) is 2.37. The molecule has 0 fully saturated rings. The SMILES string of the molecule is CC=C(C)c1cn[nH]c1. The zero-order valence-electron chi connectivity index (χ0n) is 5.68. The van der Waals surface area contributed by atoms with Gasteiger partial charge in [0.15, 0.2) is 0 Å². The van der Waals surface area contributed by atoms with Gasteiger partial charge < -0.3 is 0 Å². The van der Waals surface area contributed by atoms with Crippen molar-refractivity contribution in [2.75, 3.05) is 0 Å². The number of hydrogen-bond acceptors (Lipinski definition) is 1. The van der Waals surface area contributed by atoms with Gasteiger partial charge in [0, 0.05) is 11.8 Å². The van der Waals surface area contributed by atoms with Crippen molar-refractivity contribution in [1.82, 2.24) is 10.2 Å². The highest BCUT2D eigenvalue weighted by Gasteiger charge is 1.91. The molecule has 9 heavy (non-hydrogen) atoms. The topological polar surface area (TPSA) is 28.7 Å². The van der Waals surface area contributed by atoms with Crippen LogP contribution in [0, 0.1) is 0 Å². The molecule has 1 rings (SSSR count). The van der Waals surface area contributed by atoms with E-state index >= 15 is 0 Å². The molecular weight excluding hydrogens is 112 g/mol. The van der Waals surface area contributed by atoms with Gasteiger partial charge in [-0.15, -0.1) is 0 Å². The first-order valence-electron chi connectivity index (χ1n) is 2.96. The largest absolute Gasteiger partial charge is 0.285 e. The van der Waals surface area contributed by atoms with Gasteiger partial charge in [0.2, 0.25) is 0 Å². The van der Waals surface area contributed by atoms with E-state index in [1.54, 1.807) is 0 Å². The molecule has 0 bridgehead atoms. The minimum Gasteiger partial charge on any atom is -0.285 e. The fraction of sp³-hybridized carbons (Fsp3) is 0.286. The number of H-pyrrole nitrogens is 1. The third kappa shape index (κ3) is 1.19. The molecule has 1 aromatic rings. The molecule has 0 saturated carbocycles. The predicted octanol–water partition coefficient (Wildman–Crippen LogP) is 1.83. The molecule has 0 aliphatic carbocycles. The van der Waals surface area contributed by atoms with E-state index in [1.807, 2.05) is 19.3 Å². The third-order valence-corrected chi connectivity index (χ3v) is 1.39. The van der Waals surface area contributed by atoms with Crippen LogP contribution in [-0.4, -0.2) is 10.2 Å². The van der Waals surface area contributed by atoms with Crippen LogP contribution >= 0.6 is 0 Å². The van der Waals surface area contributed by atoms with Gasteiger partial charge in [0.25, 0.3) is 0 Å². The van der Waals surface area contributed by atoms with Crippen LogP contribution in [0.3, 0.4) is 0 Å². The maximum atomic E-state index is 3.83. The van der Waals surface area contributed by atoms with Crippen LogP contribution in [0.2, 0.25) is 0 Å². The van der Waals surface area contributed by atoms with E-state index in [-0.39, 0.29) is 0 Å². The van der Waals surface area contributed by atoms with Gasteiger partial charge in [-0.3, -0.25) is 5.10 Å². The number of hydrogen-bond donors (Lipinski definition) is 1. The van der Waals surface area contributed by atoms with Crippen molar-refractivity contribution >= 4 is 5.57 Å². The van der Waals surface area contributed by atoms with Crippen molar-refractivity contribution in [3.8, 4) is 0 Å². The highest BCUT2D eigenvalue weighted by molar-refractivity contribution is 5.61. The molecular formula is C7H10N2. The quantitative estimate of drug-likeness (QED) is 0.604. The minimum atomic E-state index is 1.16. The summed E-state index contributed by atoms with van der Waals surface area (Å²) in [4.78, 5) is 0. The first-order valence-corrected chi connectivity index (χ1v) is 2.96. The first-order chi connectivity index (χ1) is 4.34. The zero-order chi connectivity index (χ0) is 6.69. The van der Waals surface area contributed by atoms with E-state index < -0.39 is 0 Å². The van der Waals surface area contributed by atoms with E-state index in [0.29, 0.717) is 0 Å². The molecule has 0 saturated heterocycles. The lowest BCUT2D eigenvalue weighted by Crippen LogP contribution is -1.69. The normalized spacial score (nSPS) is 12.0. The predicted molar refractivity (Wildman–Crippen MR) is 37.9 cm³/mol. The molecule has 48 valence electrons. The fourth-order valence-corrected chi connectivity index (χ4v) is 0.633. The Bertz CT molecular complexity index is 197. The third-order valence-electron chi connectivity index (χ3n) is 1.39. The summed E-state index contributed by atoms with van der Waals surface area (Å²) in [6.45, 7) is 4.08. The molecule has 0 unspecified atom stereocenters. The van der Waals surface area contributed by atoms with Crippen LogP contribution in [0.15, 0.2) is 18.5 Å². The standard InChI is InChI=1S/C7H10N2/c1-3-6(2)7-4-8-9-5-7/h3-5H,1-2H3,(H,8,9). The second-order valence-corrected chi connectivity index (χ2v) is 1.96. The Kier molecular flexibility index (Phi) is 1.68. The Labute approximate surface area is 54.6 Å². The number of nitrogens with zero attached hydrogens (tertiary/aromatic N) is 1. The van der Waals surface area contributed by atoms with Gasteiger partial charge in [-0.1, -0.05) is 6.08 Å². The molecule has 1 N–H and O–H groups in total. The Hall–Kier alpha value is -1.05.